The second kappa shape index (κ2) is 18.0. The molecule has 12 aromatic carbocycles. The highest BCUT2D eigenvalue weighted by Crippen LogP contribution is 2.46. The van der Waals surface area contributed by atoms with Gasteiger partial charge in [0.05, 0.1) is 33.4 Å². The summed E-state index contributed by atoms with van der Waals surface area (Å²) in [6, 6.07) is 105. The maximum atomic E-state index is 2.49. The van der Waals surface area contributed by atoms with Crippen molar-refractivity contribution in [2.75, 3.05) is 4.90 Å². The van der Waals surface area contributed by atoms with E-state index in [9.17, 15) is 0 Å². The van der Waals surface area contributed by atoms with Gasteiger partial charge >= 0.3 is 0 Å². The first-order valence-corrected chi connectivity index (χ1v) is 26.8. The third-order valence-corrected chi connectivity index (χ3v) is 16.4. The Bertz CT molecular complexity index is 4640. The Morgan fingerprint density at radius 2 is 0.789 bits per heavy atom. The van der Waals surface area contributed by atoms with Crippen LogP contribution in [0.15, 0.2) is 285 Å². The van der Waals surface area contributed by atoms with Crippen molar-refractivity contribution in [1.82, 2.24) is 9.13 Å². The first-order chi connectivity index (χ1) is 37.7. The zero-order chi connectivity index (χ0) is 50.1. The van der Waals surface area contributed by atoms with E-state index in [1.54, 1.807) is 0 Å². The molecule has 0 fully saturated rings. The second-order valence-corrected chi connectivity index (χ2v) is 20.7. The first-order valence-electron chi connectivity index (χ1n) is 26.0. The number of fused-ring (bicyclic) bond motifs is 9. The monoisotopic (exact) mass is 985 g/mol. The third-order valence-electron chi connectivity index (χ3n) is 15.3. The summed E-state index contributed by atoms with van der Waals surface area (Å²) in [4.78, 5) is 2.38. The summed E-state index contributed by atoms with van der Waals surface area (Å²) in [5.41, 5.74) is 19.6. The van der Waals surface area contributed by atoms with Crippen molar-refractivity contribution in [3.8, 4) is 55.9 Å². The Hall–Kier alpha value is -9.74. The third kappa shape index (κ3) is 7.26. The minimum atomic E-state index is 1.10. The molecule has 3 nitrogen and oxygen atoms in total. The molecule has 356 valence electrons. The SMILES string of the molecule is c1ccc(-c2ccc3c4ccc(-c5cc(-c6ccc7c(c6)c6ccccc6n7-c6cccc7sc8ccccc8c67)cc(-c6ccccc6N(c6ccccc6)c6ccccc6)c5)cc4n(-c4ccccc4)c3c2)cc1. The van der Waals surface area contributed by atoms with Gasteiger partial charge in [-0.05, 0) is 148 Å². The first kappa shape index (κ1) is 43.8. The zero-order valence-electron chi connectivity index (χ0n) is 41.4. The molecule has 15 aromatic rings. The molecular weight excluding hydrogens is 939 g/mol. The molecule has 0 amide bonds. The molecule has 4 heteroatoms. The van der Waals surface area contributed by atoms with Gasteiger partial charge in [-0.2, -0.15) is 0 Å². The smallest absolute Gasteiger partial charge is 0.0555 e. The highest BCUT2D eigenvalue weighted by atomic mass is 32.1. The van der Waals surface area contributed by atoms with Crippen molar-refractivity contribution in [3.05, 3.63) is 285 Å². The van der Waals surface area contributed by atoms with E-state index in [-0.39, 0.29) is 0 Å². The molecular formula is C72H47N3S. The summed E-state index contributed by atoms with van der Waals surface area (Å²) in [6.07, 6.45) is 0. The molecule has 0 spiro atoms. The van der Waals surface area contributed by atoms with Crippen LogP contribution in [0.5, 0.6) is 0 Å². The average Bonchev–Trinajstić information content (AvgIpc) is 4.23. The van der Waals surface area contributed by atoms with Crippen molar-refractivity contribution in [2.45, 2.75) is 0 Å². The van der Waals surface area contributed by atoms with Gasteiger partial charge < -0.3 is 14.0 Å². The predicted octanol–water partition coefficient (Wildman–Crippen LogP) is 20.4. The van der Waals surface area contributed by atoms with Crippen molar-refractivity contribution in [3.63, 3.8) is 0 Å². The Kier molecular flexibility index (Phi) is 10.4. The van der Waals surface area contributed by atoms with Crippen LogP contribution in [0.4, 0.5) is 17.1 Å². The maximum absolute atomic E-state index is 2.49. The number of benzene rings is 12. The van der Waals surface area contributed by atoms with Crippen LogP contribution >= 0.6 is 11.3 Å². The lowest BCUT2D eigenvalue weighted by Crippen LogP contribution is -2.10. The lowest BCUT2D eigenvalue weighted by molar-refractivity contribution is 1.18. The van der Waals surface area contributed by atoms with Crippen LogP contribution in [0.1, 0.15) is 0 Å². The molecule has 3 heterocycles. The summed E-state index contributed by atoms with van der Waals surface area (Å²) in [5, 5.41) is 7.49. The Labute approximate surface area is 444 Å². The second-order valence-electron chi connectivity index (χ2n) is 19.7. The lowest BCUT2D eigenvalue weighted by atomic mass is 9.91. The van der Waals surface area contributed by atoms with Gasteiger partial charge in [0.2, 0.25) is 0 Å². The number of hydrogen-bond donors (Lipinski definition) is 0. The molecule has 0 saturated carbocycles. The molecule has 0 radical (unpaired) electrons. The molecule has 0 aliphatic heterocycles. The average molecular weight is 986 g/mol. The molecule has 0 atom stereocenters. The van der Waals surface area contributed by atoms with Crippen LogP contribution in [-0.4, -0.2) is 9.13 Å². The van der Waals surface area contributed by atoms with E-state index in [0.29, 0.717) is 0 Å². The predicted molar refractivity (Wildman–Crippen MR) is 324 cm³/mol. The van der Waals surface area contributed by atoms with Crippen LogP contribution in [-0.2, 0) is 0 Å². The molecule has 0 bridgehead atoms. The van der Waals surface area contributed by atoms with E-state index in [2.05, 4.69) is 299 Å². The summed E-state index contributed by atoms with van der Waals surface area (Å²) < 4.78 is 7.53. The minimum absolute atomic E-state index is 1.10. The molecule has 0 saturated heterocycles. The maximum Gasteiger partial charge on any atom is 0.0555 e. The van der Waals surface area contributed by atoms with Gasteiger partial charge in [0, 0.05) is 64.3 Å². The fourth-order valence-corrected chi connectivity index (χ4v) is 13.0. The van der Waals surface area contributed by atoms with E-state index in [4.69, 9.17) is 0 Å². The minimum Gasteiger partial charge on any atom is -0.310 e. The molecule has 0 unspecified atom stereocenters. The number of hydrogen-bond acceptors (Lipinski definition) is 2. The summed E-state index contributed by atoms with van der Waals surface area (Å²) in [5.74, 6) is 0. The molecule has 3 aromatic heterocycles. The molecule has 76 heavy (non-hydrogen) atoms. The van der Waals surface area contributed by atoms with E-state index in [0.717, 1.165) is 56.1 Å². The van der Waals surface area contributed by atoms with Crippen LogP contribution in [0.25, 0.3) is 120 Å². The summed E-state index contributed by atoms with van der Waals surface area (Å²) in [7, 11) is 0. The van der Waals surface area contributed by atoms with Gasteiger partial charge in [-0.1, -0.05) is 176 Å². The highest BCUT2D eigenvalue weighted by molar-refractivity contribution is 7.25. The number of nitrogens with zero attached hydrogens (tertiary/aromatic N) is 3. The van der Waals surface area contributed by atoms with Crippen LogP contribution in [0, 0.1) is 0 Å². The zero-order valence-corrected chi connectivity index (χ0v) is 42.2. The fourth-order valence-electron chi connectivity index (χ4n) is 11.8. The number of rotatable bonds is 9. The number of para-hydroxylation sites is 5. The van der Waals surface area contributed by atoms with Crippen molar-refractivity contribution >= 4 is 92.2 Å². The number of thiophene rings is 1. The largest absolute Gasteiger partial charge is 0.310 e. The Morgan fingerprint density at radius 3 is 1.50 bits per heavy atom. The van der Waals surface area contributed by atoms with Crippen LogP contribution in [0.3, 0.4) is 0 Å². The summed E-state index contributed by atoms with van der Waals surface area (Å²) in [6.45, 7) is 0. The molecule has 0 aliphatic carbocycles. The van der Waals surface area contributed by atoms with Gasteiger partial charge in [-0.15, -0.1) is 11.3 Å². The van der Waals surface area contributed by atoms with Gasteiger partial charge in [0.25, 0.3) is 0 Å². The van der Waals surface area contributed by atoms with Gasteiger partial charge in [0.1, 0.15) is 0 Å². The Balaban J connectivity index is 0.966. The van der Waals surface area contributed by atoms with Gasteiger partial charge in [-0.3, -0.25) is 0 Å². The Morgan fingerprint density at radius 1 is 0.276 bits per heavy atom. The van der Waals surface area contributed by atoms with Crippen LogP contribution < -0.4 is 4.90 Å². The fraction of sp³-hybridized carbons (Fsp3) is 0. The van der Waals surface area contributed by atoms with Crippen molar-refractivity contribution in [2.24, 2.45) is 0 Å². The van der Waals surface area contributed by atoms with E-state index in [1.165, 1.54) is 80.6 Å². The number of aromatic nitrogens is 2. The van der Waals surface area contributed by atoms with E-state index >= 15 is 0 Å². The van der Waals surface area contributed by atoms with Crippen molar-refractivity contribution in [1.29, 1.82) is 0 Å². The van der Waals surface area contributed by atoms with Crippen molar-refractivity contribution < 1.29 is 0 Å². The molecule has 15 rings (SSSR count). The van der Waals surface area contributed by atoms with E-state index < -0.39 is 0 Å². The van der Waals surface area contributed by atoms with Gasteiger partial charge in [-0.25, -0.2) is 0 Å². The molecule has 0 N–H and O–H groups in total. The normalized spacial score (nSPS) is 11.7. The highest BCUT2D eigenvalue weighted by Gasteiger charge is 2.22. The quantitative estimate of drug-likeness (QED) is 0.140. The molecule has 0 aliphatic rings. The number of anilines is 3. The van der Waals surface area contributed by atoms with Gasteiger partial charge in [0.15, 0.2) is 0 Å². The lowest BCUT2D eigenvalue weighted by Gasteiger charge is -2.28. The van der Waals surface area contributed by atoms with E-state index in [1.807, 2.05) is 11.3 Å². The summed E-state index contributed by atoms with van der Waals surface area (Å²) >= 11 is 1.87. The topological polar surface area (TPSA) is 13.1 Å². The van der Waals surface area contributed by atoms with Crippen LogP contribution in [0.2, 0.25) is 0 Å². The standard InChI is InChI=1S/C72H47N3S/c1-5-20-48(21-6-1)50-36-39-60-61-40-37-51(47-69(61)74(68(60)46-50)57-26-11-4-12-27-57)53-42-52(43-54(44-53)58-28-13-16-31-64(58)73(55-22-7-2-8-23-55)56-24-9-3-10-25-56)49-38-41-66-63(45-49)59-29-14-17-32-65(59)75(66)67-33-19-35-71-72(67)62-30-15-18-34-70(62)76-71/h1-47H.